The number of carbonyl (C=O) groups excluding carboxylic acids is 1. The molecule has 2 heterocycles. The molecule has 2 aromatic heterocycles. The Morgan fingerprint density at radius 3 is 1.39 bits per heavy atom. The molecule has 2 unspecified atom stereocenters. The van der Waals surface area contributed by atoms with Crippen molar-refractivity contribution in [2.24, 2.45) is 11.7 Å². The minimum atomic E-state index is -0.624. The minimum Gasteiger partial charge on any atom is -0.503 e. The molecule has 0 spiro atoms. The van der Waals surface area contributed by atoms with Gasteiger partial charge in [-0.25, -0.2) is 11.7 Å². The van der Waals surface area contributed by atoms with Crippen LogP contribution in [0.5, 0.6) is 23.0 Å². The Labute approximate surface area is 372 Å². The van der Waals surface area contributed by atoms with E-state index in [0.29, 0.717) is 0 Å². The second-order valence-electron chi connectivity index (χ2n) is 16.8. The molecule has 2 atom stereocenters. The average Bonchev–Trinajstić information content (AvgIpc) is 3.31. The topological polar surface area (TPSA) is 160 Å². The summed E-state index contributed by atoms with van der Waals surface area (Å²) in [5.74, 6) is 13.4. The number of benzene rings is 4. The van der Waals surface area contributed by atoms with Crippen LogP contribution in [-0.4, -0.2) is 52.3 Å². The maximum atomic E-state index is 15.2. The van der Waals surface area contributed by atoms with Crippen LogP contribution in [0.1, 0.15) is 101 Å². The number of ether oxygens (including phenoxy) is 2. The monoisotopic (exact) mass is 876 g/mol. The number of nitrogens with two attached hydrogens (primary N) is 2. The number of methoxy groups -OCH3 is 2. The molecule has 13 heteroatoms. The van der Waals surface area contributed by atoms with Crippen molar-refractivity contribution in [3.63, 3.8) is 0 Å². The van der Waals surface area contributed by atoms with Gasteiger partial charge in [-0.1, -0.05) is 87.7 Å². The molecule has 0 amide bonds. The molecule has 6 N–H and O–H groups in total. The number of pyridine rings is 2. The lowest BCUT2D eigenvalue weighted by atomic mass is 9.83. The van der Waals surface area contributed by atoms with Crippen molar-refractivity contribution in [2.75, 3.05) is 24.2 Å². The van der Waals surface area contributed by atoms with E-state index in [1.54, 1.807) is 36.7 Å². The van der Waals surface area contributed by atoms with Gasteiger partial charge in [0.05, 0.1) is 46.7 Å². The smallest absolute Gasteiger partial charge is 0.176 e. The van der Waals surface area contributed by atoms with E-state index in [9.17, 15) is 10.2 Å². The molecular formula is C49H54Cl2N6O5. The number of nitrogens with zero attached hydrogens (tertiary/aromatic N) is 4. The van der Waals surface area contributed by atoms with Crippen molar-refractivity contribution >= 4 is 62.2 Å². The number of ketones is 1. The minimum absolute atomic E-state index is 0.0266. The van der Waals surface area contributed by atoms with Gasteiger partial charge in [0, 0.05) is 58.2 Å². The SMILES string of the molecule is COc1cc(-c2ccc3ncc(C(C)C(=O)C(C)c4cnc5ccc(-c6cc(Cl)c(O)c(OC)c6)cc5c4N(N)C4CCCCC4)c(N(N)C4CCCCC4)c3c2)cc(Cl)c1O. The molecule has 0 aliphatic heterocycles. The Bertz CT molecular complexity index is 2470. The number of Topliss-reactive ketones (excluding diaryl/α,β-unsaturated/α-hetero) is 1. The fraction of sp³-hybridized carbons (Fsp3) is 0.367. The molecular weight excluding hydrogens is 823 g/mol. The summed E-state index contributed by atoms with van der Waals surface area (Å²) < 4.78 is 10.9. The number of hydrazine groups is 2. The van der Waals surface area contributed by atoms with Gasteiger partial charge < -0.3 is 29.7 Å². The second-order valence-corrected chi connectivity index (χ2v) is 17.7. The van der Waals surface area contributed by atoms with Gasteiger partial charge in [-0.15, -0.1) is 0 Å². The van der Waals surface area contributed by atoms with E-state index in [-0.39, 0.29) is 50.9 Å². The Morgan fingerprint density at radius 2 is 1.02 bits per heavy atom. The van der Waals surface area contributed by atoms with Crippen LogP contribution in [0.4, 0.5) is 11.4 Å². The van der Waals surface area contributed by atoms with Crippen molar-refractivity contribution in [2.45, 2.75) is 102 Å². The van der Waals surface area contributed by atoms with E-state index in [2.05, 4.69) is 0 Å². The van der Waals surface area contributed by atoms with Crippen molar-refractivity contribution in [1.82, 2.24) is 9.97 Å². The molecule has 4 aromatic carbocycles. The first-order valence-electron chi connectivity index (χ1n) is 21.5. The number of fused-ring (bicyclic) bond motifs is 2. The molecule has 0 saturated heterocycles. The fourth-order valence-corrected chi connectivity index (χ4v) is 9.94. The van der Waals surface area contributed by atoms with E-state index >= 15 is 4.79 Å². The van der Waals surface area contributed by atoms with Gasteiger partial charge >= 0.3 is 0 Å². The zero-order valence-corrected chi connectivity index (χ0v) is 37.1. The van der Waals surface area contributed by atoms with Crippen LogP contribution >= 0.6 is 23.2 Å². The predicted molar refractivity (Wildman–Crippen MR) is 250 cm³/mol. The Balaban J connectivity index is 1.25. The number of halogens is 2. The highest BCUT2D eigenvalue weighted by Crippen LogP contribution is 2.45. The zero-order chi connectivity index (χ0) is 43.8. The summed E-state index contributed by atoms with van der Waals surface area (Å²) >= 11 is 12.9. The Morgan fingerprint density at radius 1 is 0.629 bits per heavy atom. The number of rotatable bonds is 12. The summed E-state index contributed by atoms with van der Waals surface area (Å²) in [4.78, 5) is 25.0. The number of carbonyl (C=O) groups is 1. The van der Waals surface area contributed by atoms with Gasteiger partial charge in [0.15, 0.2) is 23.0 Å². The Hall–Kier alpha value is -5.33. The lowest BCUT2D eigenvalue weighted by molar-refractivity contribution is -0.121. The first-order valence-corrected chi connectivity index (χ1v) is 22.3. The summed E-state index contributed by atoms with van der Waals surface area (Å²) in [5, 5.41) is 26.7. The highest BCUT2D eigenvalue weighted by Gasteiger charge is 2.33. The van der Waals surface area contributed by atoms with E-state index in [1.165, 1.54) is 14.2 Å². The fourth-order valence-electron chi connectivity index (χ4n) is 9.51. The van der Waals surface area contributed by atoms with E-state index < -0.39 is 11.8 Å². The zero-order valence-electron chi connectivity index (χ0n) is 35.6. The maximum absolute atomic E-state index is 15.2. The number of hydrogen-bond donors (Lipinski definition) is 4. The van der Waals surface area contributed by atoms with Gasteiger partial charge in [0.2, 0.25) is 0 Å². The third-order valence-electron chi connectivity index (χ3n) is 13.1. The summed E-state index contributed by atoms with van der Waals surface area (Å²) in [5.41, 5.74) is 7.61. The highest BCUT2D eigenvalue weighted by atomic mass is 35.5. The van der Waals surface area contributed by atoms with Gasteiger partial charge in [0.1, 0.15) is 5.78 Å². The molecule has 6 aromatic rings. The number of phenolic OH excluding ortho intramolecular Hbond substituents is 2. The van der Waals surface area contributed by atoms with Gasteiger partial charge in [-0.05, 0) is 96.5 Å². The molecule has 11 nitrogen and oxygen atoms in total. The van der Waals surface area contributed by atoms with Crippen LogP contribution in [0.2, 0.25) is 10.0 Å². The van der Waals surface area contributed by atoms with E-state index in [4.69, 9.17) is 54.3 Å². The number of aromatic hydroxyl groups is 2. The first-order chi connectivity index (χ1) is 29.9. The third kappa shape index (κ3) is 8.19. The highest BCUT2D eigenvalue weighted by molar-refractivity contribution is 6.33. The molecule has 324 valence electrons. The lowest BCUT2D eigenvalue weighted by Gasteiger charge is -2.36. The largest absolute Gasteiger partial charge is 0.503 e. The molecule has 2 aliphatic rings. The molecule has 2 saturated carbocycles. The summed E-state index contributed by atoms with van der Waals surface area (Å²) in [7, 11) is 2.97. The molecule has 2 aliphatic carbocycles. The van der Waals surface area contributed by atoms with Gasteiger partial charge in [0.25, 0.3) is 0 Å². The Kier molecular flexibility index (Phi) is 12.7. The number of hydrogen-bond acceptors (Lipinski definition) is 11. The number of anilines is 2. The average molecular weight is 878 g/mol. The van der Waals surface area contributed by atoms with Crippen LogP contribution in [-0.2, 0) is 4.79 Å². The quantitative estimate of drug-likeness (QED) is 0.0684. The van der Waals surface area contributed by atoms with Crippen molar-refractivity contribution < 1.29 is 24.5 Å². The van der Waals surface area contributed by atoms with Crippen LogP contribution in [0.25, 0.3) is 44.1 Å². The number of aromatic nitrogens is 2. The van der Waals surface area contributed by atoms with E-state index in [0.717, 1.165) is 131 Å². The van der Waals surface area contributed by atoms with Crippen LogP contribution in [0, 0.1) is 0 Å². The van der Waals surface area contributed by atoms with Crippen LogP contribution in [0.15, 0.2) is 73.1 Å². The van der Waals surface area contributed by atoms with Crippen molar-refractivity contribution in [3.8, 4) is 45.3 Å². The lowest BCUT2D eigenvalue weighted by Crippen LogP contribution is -2.43. The van der Waals surface area contributed by atoms with E-state index in [1.807, 2.05) is 60.3 Å². The van der Waals surface area contributed by atoms with Crippen LogP contribution < -0.4 is 31.2 Å². The first kappa shape index (κ1) is 43.3. The van der Waals surface area contributed by atoms with Crippen LogP contribution in [0.3, 0.4) is 0 Å². The molecule has 2 fully saturated rings. The molecule has 0 radical (unpaired) electrons. The van der Waals surface area contributed by atoms with Gasteiger partial charge in [-0.2, -0.15) is 0 Å². The van der Waals surface area contributed by atoms with Crippen molar-refractivity contribution in [1.29, 1.82) is 0 Å². The van der Waals surface area contributed by atoms with Crippen molar-refractivity contribution in [3.05, 3.63) is 94.2 Å². The summed E-state index contributed by atoms with van der Waals surface area (Å²) in [6.45, 7) is 3.87. The maximum Gasteiger partial charge on any atom is 0.176 e. The normalized spacial score (nSPS) is 16.0. The third-order valence-corrected chi connectivity index (χ3v) is 13.7. The van der Waals surface area contributed by atoms with Gasteiger partial charge in [-0.3, -0.25) is 14.8 Å². The predicted octanol–water partition coefficient (Wildman–Crippen LogP) is 11.4. The second kappa shape index (κ2) is 18.2. The number of phenols is 2. The molecule has 62 heavy (non-hydrogen) atoms. The standard InChI is InChI=1S/C49H54Cl2N6O5/c1-27(37-25-54-41-17-15-29(31-21-39(50)48(59)43(23-31)61-3)19-35(41)45(37)56(52)33-11-7-5-8-12-33)47(58)28(2)38-26-55-42-18-16-30(32-22-40(51)49(60)44(24-32)62-4)20-36(42)46(38)57(53)34-13-9-6-10-14-34/h15-28,33-34,59-60H,5-14,52-53H2,1-4H3. The summed E-state index contributed by atoms with van der Waals surface area (Å²) in [6, 6.07) is 18.9. The summed E-state index contributed by atoms with van der Waals surface area (Å²) in [6.07, 6.45) is 14.0. The molecule has 8 rings (SSSR count). The molecule has 0 bridgehead atoms.